The smallest absolute Gasteiger partial charge is 0.274 e. The molecule has 1 amide bonds. The molecule has 5 nitrogen and oxygen atoms in total. The minimum atomic E-state index is -0.0260. The number of hydrogen-bond acceptors (Lipinski definition) is 3. The third kappa shape index (κ3) is 3.03. The zero-order valence-electron chi connectivity index (χ0n) is 11.8. The number of carbonyl (C=O) groups is 1. The molecule has 5 heteroatoms. The van der Waals surface area contributed by atoms with Crippen LogP contribution >= 0.6 is 0 Å². The Morgan fingerprint density at radius 1 is 1.44 bits per heavy atom. The van der Waals surface area contributed by atoms with E-state index in [0.29, 0.717) is 23.8 Å². The molecular weight excluding hydrogens is 228 g/mol. The lowest BCUT2D eigenvalue weighted by Gasteiger charge is -2.25. The highest BCUT2D eigenvalue weighted by Gasteiger charge is 2.22. The van der Waals surface area contributed by atoms with Gasteiger partial charge in [-0.15, -0.1) is 0 Å². The first-order valence-electron chi connectivity index (χ1n) is 6.61. The maximum absolute atomic E-state index is 12.4. The number of nitrogen functional groups attached to an aromatic ring is 1. The average Bonchev–Trinajstić information content (AvgIpc) is 2.70. The Morgan fingerprint density at radius 2 is 2.06 bits per heavy atom. The van der Waals surface area contributed by atoms with Crippen molar-refractivity contribution in [3.63, 3.8) is 0 Å². The fourth-order valence-corrected chi connectivity index (χ4v) is 2.08. The van der Waals surface area contributed by atoms with Crippen LogP contribution in [0.15, 0.2) is 6.20 Å². The van der Waals surface area contributed by atoms with Gasteiger partial charge >= 0.3 is 0 Å². The molecule has 0 saturated heterocycles. The first-order chi connectivity index (χ1) is 8.54. The summed E-state index contributed by atoms with van der Waals surface area (Å²) in [6.07, 6.45) is 3.69. The Balaban J connectivity index is 2.86. The largest absolute Gasteiger partial charge is 0.396 e. The molecule has 1 aromatic rings. The standard InChI is InChI=1S/C13H24N4O/c1-5-10(6-2)9-17(7-3)13(18)12-11(14)8-15-16(12)4/h8,10H,5-7,9,14H2,1-4H3. The molecule has 0 aliphatic heterocycles. The van der Waals surface area contributed by atoms with Gasteiger partial charge < -0.3 is 10.6 Å². The second-order valence-corrected chi connectivity index (χ2v) is 4.60. The maximum atomic E-state index is 12.4. The first-order valence-corrected chi connectivity index (χ1v) is 6.61. The van der Waals surface area contributed by atoms with E-state index >= 15 is 0 Å². The molecule has 0 bridgehead atoms. The van der Waals surface area contributed by atoms with Gasteiger partial charge in [-0.3, -0.25) is 9.48 Å². The zero-order valence-corrected chi connectivity index (χ0v) is 11.8. The van der Waals surface area contributed by atoms with Crippen molar-refractivity contribution in [3.8, 4) is 0 Å². The fraction of sp³-hybridized carbons (Fsp3) is 0.692. The first kappa shape index (κ1) is 14.5. The number of nitrogens with zero attached hydrogens (tertiary/aromatic N) is 3. The summed E-state index contributed by atoms with van der Waals surface area (Å²) < 4.78 is 1.55. The summed E-state index contributed by atoms with van der Waals surface area (Å²) in [4.78, 5) is 14.3. The Hall–Kier alpha value is -1.52. The van der Waals surface area contributed by atoms with Gasteiger partial charge in [0.25, 0.3) is 5.91 Å². The highest BCUT2D eigenvalue weighted by Crippen LogP contribution is 2.16. The number of hydrogen-bond donors (Lipinski definition) is 1. The third-order valence-corrected chi connectivity index (χ3v) is 3.47. The Bertz CT molecular complexity index is 376. The molecule has 1 heterocycles. The van der Waals surface area contributed by atoms with Crippen LogP contribution in [0.3, 0.4) is 0 Å². The van der Waals surface area contributed by atoms with E-state index in [0.717, 1.165) is 19.4 Å². The number of anilines is 1. The van der Waals surface area contributed by atoms with Crippen molar-refractivity contribution in [3.05, 3.63) is 11.9 Å². The zero-order chi connectivity index (χ0) is 13.7. The molecule has 0 fully saturated rings. The summed E-state index contributed by atoms with van der Waals surface area (Å²) >= 11 is 0. The second-order valence-electron chi connectivity index (χ2n) is 4.60. The van der Waals surface area contributed by atoms with E-state index in [9.17, 15) is 4.79 Å². The van der Waals surface area contributed by atoms with Gasteiger partial charge in [0.15, 0.2) is 0 Å². The summed E-state index contributed by atoms with van der Waals surface area (Å²) in [5.74, 6) is 0.519. The van der Waals surface area contributed by atoms with Gasteiger partial charge in [0.05, 0.1) is 11.9 Å². The predicted octanol–water partition coefficient (Wildman–Crippen LogP) is 1.90. The second kappa shape index (κ2) is 6.42. The van der Waals surface area contributed by atoms with Crippen LogP contribution in [0.4, 0.5) is 5.69 Å². The van der Waals surface area contributed by atoms with Crippen LogP contribution in [0, 0.1) is 5.92 Å². The SMILES string of the molecule is CCC(CC)CN(CC)C(=O)c1c(N)cnn1C. The number of nitrogens with two attached hydrogens (primary N) is 1. The van der Waals surface area contributed by atoms with Gasteiger partial charge in [0.1, 0.15) is 5.69 Å². The molecule has 0 spiro atoms. The van der Waals surface area contributed by atoms with Crippen molar-refractivity contribution in [2.45, 2.75) is 33.6 Å². The molecule has 102 valence electrons. The van der Waals surface area contributed by atoms with E-state index in [1.165, 1.54) is 6.20 Å². The summed E-state index contributed by atoms with van der Waals surface area (Å²) in [6.45, 7) is 7.79. The van der Waals surface area contributed by atoms with Crippen molar-refractivity contribution >= 4 is 11.6 Å². The number of rotatable bonds is 6. The molecular formula is C13H24N4O. The summed E-state index contributed by atoms with van der Waals surface area (Å²) in [5, 5.41) is 4.02. The van der Waals surface area contributed by atoms with Crippen molar-refractivity contribution in [1.82, 2.24) is 14.7 Å². The highest BCUT2D eigenvalue weighted by atomic mass is 16.2. The van der Waals surface area contributed by atoms with Crippen LogP contribution in [0.5, 0.6) is 0 Å². The van der Waals surface area contributed by atoms with Crippen LogP contribution in [0.1, 0.15) is 44.1 Å². The van der Waals surface area contributed by atoms with E-state index in [1.54, 1.807) is 11.7 Å². The van der Waals surface area contributed by atoms with Gasteiger partial charge in [-0.2, -0.15) is 5.10 Å². The van der Waals surface area contributed by atoms with Crippen LogP contribution in [-0.2, 0) is 7.05 Å². The lowest BCUT2D eigenvalue weighted by atomic mass is 10.0. The van der Waals surface area contributed by atoms with Crippen molar-refractivity contribution < 1.29 is 4.79 Å². The third-order valence-electron chi connectivity index (χ3n) is 3.47. The maximum Gasteiger partial charge on any atom is 0.274 e. The minimum Gasteiger partial charge on any atom is -0.396 e. The fourth-order valence-electron chi connectivity index (χ4n) is 2.08. The van der Waals surface area contributed by atoms with E-state index in [2.05, 4.69) is 18.9 Å². The number of amides is 1. The predicted molar refractivity (Wildman–Crippen MR) is 73.3 cm³/mol. The molecule has 0 aliphatic carbocycles. The molecule has 2 N–H and O–H groups in total. The molecule has 0 atom stereocenters. The van der Waals surface area contributed by atoms with E-state index in [-0.39, 0.29) is 5.91 Å². The quantitative estimate of drug-likeness (QED) is 0.841. The summed E-state index contributed by atoms with van der Waals surface area (Å²) in [5.41, 5.74) is 6.74. The average molecular weight is 252 g/mol. The normalized spacial score (nSPS) is 10.9. The van der Waals surface area contributed by atoms with Crippen molar-refractivity contribution in [2.75, 3.05) is 18.8 Å². The number of aryl methyl sites for hydroxylation is 1. The highest BCUT2D eigenvalue weighted by molar-refractivity contribution is 5.97. The molecule has 0 saturated carbocycles. The Labute approximate surface area is 109 Å². The lowest BCUT2D eigenvalue weighted by Crippen LogP contribution is -2.36. The van der Waals surface area contributed by atoms with Gasteiger partial charge in [0, 0.05) is 20.1 Å². The van der Waals surface area contributed by atoms with Crippen LogP contribution in [0.25, 0.3) is 0 Å². The van der Waals surface area contributed by atoms with Crippen LogP contribution in [0.2, 0.25) is 0 Å². The molecule has 1 rings (SSSR count). The van der Waals surface area contributed by atoms with Gasteiger partial charge in [-0.25, -0.2) is 0 Å². The molecule has 18 heavy (non-hydrogen) atoms. The monoisotopic (exact) mass is 252 g/mol. The van der Waals surface area contributed by atoms with Crippen LogP contribution in [-0.4, -0.2) is 33.7 Å². The molecule has 0 unspecified atom stereocenters. The van der Waals surface area contributed by atoms with E-state index < -0.39 is 0 Å². The van der Waals surface area contributed by atoms with E-state index in [1.807, 2.05) is 11.8 Å². The topological polar surface area (TPSA) is 64.2 Å². The summed E-state index contributed by atoms with van der Waals surface area (Å²) in [6, 6.07) is 0. The van der Waals surface area contributed by atoms with Crippen molar-refractivity contribution in [2.24, 2.45) is 13.0 Å². The Morgan fingerprint density at radius 3 is 2.44 bits per heavy atom. The lowest BCUT2D eigenvalue weighted by molar-refractivity contribution is 0.0725. The summed E-state index contributed by atoms with van der Waals surface area (Å²) in [7, 11) is 1.74. The minimum absolute atomic E-state index is 0.0260. The van der Waals surface area contributed by atoms with Gasteiger partial charge in [0.2, 0.25) is 0 Å². The van der Waals surface area contributed by atoms with Crippen LogP contribution < -0.4 is 5.73 Å². The number of aromatic nitrogens is 2. The molecule has 0 radical (unpaired) electrons. The molecule has 0 aliphatic rings. The Kier molecular flexibility index (Phi) is 5.19. The van der Waals surface area contributed by atoms with Crippen molar-refractivity contribution in [1.29, 1.82) is 0 Å². The molecule has 0 aromatic carbocycles. The van der Waals surface area contributed by atoms with Gasteiger partial charge in [-0.05, 0) is 12.8 Å². The van der Waals surface area contributed by atoms with E-state index in [4.69, 9.17) is 5.73 Å². The number of carbonyl (C=O) groups excluding carboxylic acids is 1. The van der Waals surface area contributed by atoms with Gasteiger partial charge in [-0.1, -0.05) is 26.7 Å². The molecule has 1 aromatic heterocycles.